The number of alkyl halides is 3. The van der Waals surface area contributed by atoms with Crippen LogP contribution in [0.25, 0.3) is 0 Å². The van der Waals surface area contributed by atoms with E-state index in [1.54, 1.807) is 0 Å². The number of anilines is 1. The highest BCUT2D eigenvalue weighted by Crippen LogP contribution is 2.30. The van der Waals surface area contributed by atoms with Gasteiger partial charge < -0.3 is 10.4 Å². The van der Waals surface area contributed by atoms with Gasteiger partial charge in [0.1, 0.15) is 0 Å². The quantitative estimate of drug-likeness (QED) is 0.835. The zero-order valence-corrected chi connectivity index (χ0v) is 12.4. The highest BCUT2D eigenvalue weighted by molar-refractivity contribution is 9.10. The summed E-state index contributed by atoms with van der Waals surface area (Å²) in [6.07, 6.45) is -5.24. The van der Waals surface area contributed by atoms with Crippen LogP contribution < -0.4 is 5.32 Å². The molecule has 2 rings (SSSR count). The second kappa shape index (κ2) is 6.49. The summed E-state index contributed by atoms with van der Waals surface area (Å²) >= 11 is 3.32. The third-order valence-corrected chi connectivity index (χ3v) is 3.50. The first kappa shape index (κ1) is 15.9. The van der Waals surface area contributed by atoms with Gasteiger partial charge in [-0.3, -0.25) is 0 Å². The van der Waals surface area contributed by atoms with Gasteiger partial charge >= 0.3 is 6.18 Å². The maximum Gasteiger partial charge on any atom is 0.416 e. The molecule has 6 heteroatoms. The molecule has 0 amide bonds. The molecule has 0 saturated heterocycles. The molecule has 0 heterocycles. The smallest absolute Gasteiger partial charge is 0.387 e. The maximum absolute atomic E-state index is 12.4. The Balaban J connectivity index is 1.97. The van der Waals surface area contributed by atoms with Crippen molar-refractivity contribution in [3.05, 3.63) is 64.1 Å². The number of halogens is 4. The predicted molar refractivity (Wildman–Crippen MR) is 79.0 cm³/mol. The molecule has 0 aliphatic heterocycles. The highest BCUT2D eigenvalue weighted by atomic mass is 79.9. The van der Waals surface area contributed by atoms with Crippen molar-refractivity contribution in [2.75, 3.05) is 11.9 Å². The van der Waals surface area contributed by atoms with E-state index in [9.17, 15) is 18.3 Å². The molecule has 2 aromatic carbocycles. The van der Waals surface area contributed by atoms with Crippen molar-refractivity contribution in [1.82, 2.24) is 0 Å². The summed E-state index contributed by atoms with van der Waals surface area (Å²) in [7, 11) is 0. The van der Waals surface area contributed by atoms with Crippen molar-refractivity contribution < 1.29 is 18.3 Å². The molecule has 21 heavy (non-hydrogen) atoms. The number of nitrogens with one attached hydrogen (secondary N) is 1. The van der Waals surface area contributed by atoms with Gasteiger partial charge in [-0.1, -0.05) is 28.1 Å². The van der Waals surface area contributed by atoms with Crippen LogP contribution in [0.5, 0.6) is 0 Å². The van der Waals surface area contributed by atoms with Crippen molar-refractivity contribution in [3.8, 4) is 0 Å². The van der Waals surface area contributed by atoms with E-state index >= 15 is 0 Å². The largest absolute Gasteiger partial charge is 0.416 e. The van der Waals surface area contributed by atoms with E-state index in [1.807, 2.05) is 24.3 Å². The molecule has 1 atom stereocenters. The van der Waals surface area contributed by atoms with Gasteiger partial charge in [0, 0.05) is 16.7 Å². The topological polar surface area (TPSA) is 32.3 Å². The molecule has 2 nitrogen and oxygen atoms in total. The normalized spacial score (nSPS) is 13.0. The standard InChI is InChI=1S/C15H13BrF3NO/c16-12-5-7-13(8-6-12)20-9-14(21)10-1-3-11(4-2-10)15(17,18)19/h1-8,14,20-21H,9H2. The van der Waals surface area contributed by atoms with Gasteiger partial charge in [-0.05, 0) is 42.0 Å². The van der Waals surface area contributed by atoms with E-state index in [2.05, 4.69) is 21.2 Å². The summed E-state index contributed by atoms with van der Waals surface area (Å²) in [4.78, 5) is 0. The van der Waals surface area contributed by atoms with Gasteiger partial charge in [0.05, 0.1) is 11.7 Å². The Morgan fingerprint density at radius 1 is 1.00 bits per heavy atom. The average molecular weight is 360 g/mol. The predicted octanol–water partition coefficient (Wildman–Crippen LogP) is 4.61. The summed E-state index contributed by atoms with van der Waals surface area (Å²) in [5.74, 6) is 0. The molecular weight excluding hydrogens is 347 g/mol. The van der Waals surface area contributed by atoms with Crippen LogP contribution in [0.15, 0.2) is 53.0 Å². The molecule has 0 bridgehead atoms. The zero-order chi connectivity index (χ0) is 15.5. The van der Waals surface area contributed by atoms with Crippen LogP contribution in [-0.2, 0) is 6.18 Å². The van der Waals surface area contributed by atoms with Crippen molar-refractivity contribution in [2.45, 2.75) is 12.3 Å². The number of hydrogen-bond donors (Lipinski definition) is 2. The van der Waals surface area contributed by atoms with E-state index in [4.69, 9.17) is 0 Å². The first-order valence-electron chi connectivity index (χ1n) is 6.21. The monoisotopic (exact) mass is 359 g/mol. The third-order valence-electron chi connectivity index (χ3n) is 2.97. The SMILES string of the molecule is OC(CNc1ccc(Br)cc1)c1ccc(C(F)(F)F)cc1. The van der Waals surface area contributed by atoms with Crippen LogP contribution >= 0.6 is 15.9 Å². The summed E-state index contributed by atoms with van der Waals surface area (Å²) < 4.78 is 38.3. The van der Waals surface area contributed by atoms with Gasteiger partial charge in [0.2, 0.25) is 0 Å². The van der Waals surface area contributed by atoms with Crippen molar-refractivity contribution in [1.29, 1.82) is 0 Å². The van der Waals surface area contributed by atoms with Crippen molar-refractivity contribution in [3.63, 3.8) is 0 Å². The lowest BCUT2D eigenvalue weighted by atomic mass is 10.1. The van der Waals surface area contributed by atoms with Crippen LogP contribution in [0.4, 0.5) is 18.9 Å². The minimum absolute atomic E-state index is 0.215. The summed E-state index contributed by atoms with van der Waals surface area (Å²) in [5.41, 5.74) is 0.538. The number of aliphatic hydroxyl groups excluding tert-OH is 1. The van der Waals surface area contributed by atoms with Crippen LogP contribution in [0.2, 0.25) is 0 Å². The number of hydrogen-bond acceptors (Lipinski definition) is 2. The van der Waals surface area contributed by atoms with E-state index in [0.717, 1.165) is 22.3 Å². The molecule has 0 aliphatic carbocycles. The Labute approximate surface area is 128 Å². The fourth-order valence-electron chi connectivity index (χ4n) is 1.79. The maximum atomic E-state index is 12.4. The molecular formula is C15H13BrF3NO. The summed E-state index contributed by atoms with van der Waals surface area (Å²) in [6.45, 7) is 0.215. The van der Waals surface area contributed by atoms with Gasteiger partial charge in [0.15, 0.2) is 0 Å². The van der Waals surface area contributed by atoms with Gasteiger partial charge in [-0.15, -0.1) is 0 Å². The van der Waals surface area contributed by atoms with Crippen molar-refractivity contribution in [2.24, 2.45) is 0 Å². The number of aliphatic hydroxyl groups is 1. The van der Waals surface area contributed by atoms with Crippen LogP contribution in [-0.4, -0.2) is 11.7 Å². The highest BCUT2D eigenvalue weighted by Gasteiger charge is 2.30. The minimum Gasteiger partial charge on any atom is -0.387 e. The number of benzene rings is 2. The summed E-state index contributed by atoms with van der Waals surface area (Å²) in [6, 6.07) is 11.9. The van der Waals surface area contributed by atoms with Crippen LogP contribution in [0, 0.1) is 0 Å². The zero-order valence-electron chi connectivity index (χ0n) is 10.9. The second-order valence-corrected chi connectivity index (χ2v) is 5.44. The first-order valence-corrected chi connectivity index (χ1v) is 7.00. The molecule has 2 aromatic rings. The van der Waals surface area contributed by atoms with Gasteiger partial charge in [0.25, 0.3) is 0 Å². The Bertz CT molecular complexity index is 581. The Kier molecular flexibility index (Phi) is 4.90. The Morgan fingerprint density at radius 2 is 1.57 bits per heavy atom. The Morgan fingerprint density at radius 3 is 2.10 bits per heavy atom. The number of rotatable bonds is 4. The van der Waals surface area contributed by atoms with Crippen LogP contribution in [0.3, 0.4) is 0 Å². The van der Waals surface area contributed by atoms with E-state index in [0.29, 0.717) is 5.56 Å². The fraction of sp³-hybridized carbons (Fsp3) is 0.200. The van der Waals surface area contributed by atoms with Crippen LogP contribution in [0.1, 0.15) is 17.2 Å². The summed E-state index contributed by atoms with van der Waals surface area (Å²) in [5, 5.41) is 13.0. The van der Waals surface area contributed by atoms with E-state index in [1.165, 1.54) is 12.1 Å². The third kappa shape index (κ3) is 4.47. The van der Waals surface area contributed by atoms with E-state index < -0.39 is 17.8 Å². The second-order valence-electron chi connectivity index (χ2n) is 4.52. The minimum atomic E-state index is -4.36. The molecule has 0 spiro atoms. The van der Waals surface area contributed by atoms with Crippen molar-refractivity contribution >= 4 is 21.6 Å². The molecule has 0 fully saturated rings. The average Bonchev–Trinajstić information content (AvgIpc) is 2.45. The molecule has 0 aromatic heterocycles. The first-order chi connectivity index (χ1) is 9.86. The molecule has 0 aliphatic rings. The lowest BCUT2D eigenvalue weighted by Gasteiger charge is -2.14. The van der Waals surface area contributed by atoms with Gasteiger partial charge in [-0.2, -0.15) is 13.2 Å². The molecule has 1 unspecified atom stereocenters. The lowest BCUT2D eigenvalue weighted by molar-refractivity contribution is -0.137. The molecule has 112 valence electrons. The van der Waals surface area contributed by atoms with Gasteiger partial charge in [-0.25, -0.2) is 0 Å². The Hall–Kier alpha value is -1.53. The van der Waals surface area contributed by atoms with E-state index in [-0.39, 0.29) is 6.54 Å². The molecule has 0 saturated carbocycles. The molecule has 0 radical (unpaired) electrons. The molecule has 2 N–H and O–H groups in total. The fourth-order valence-corrected chi connectivity index (χ4v) is 2.06. The lowest BCUT2D eigenvalue weighted by Crippen LogP contribution is -2.12.